The summed E-state index contributed by atoms with van der Waals surface area (Å²) in [6.07, 6.45) is 2.36. The molecule has 0 saturated heterocycles. The van der Waals surface area contributed by atoms with Crippen LogP contribution in [0.3, 0.4) is 0 Å². The monoisotopic (exact) mass is 397 g/mol. The van der Waals surface area contributed by atoms with Gasteiger partial charge in [-0.15, -0.1) is 0 Å². The number of amides is 1. The lowest BCUT2D eigenvalue weighted by molar-refractivity contribution is -0.00488. The molecule has 0 aliphatic rings. The largest absolute Gasteiger partial charge is 0.364 e. The highest BCUT2D eigenvalue weighted by Crippen LogP contribution is 2.33. The third-order valence-corrected chi connectivity index (χ3v) is 5.48. The maximum absolute atomic E-state index is 13.4. The molecule has 3 N–H and O–H groups in total. The third kappa shape index (κ3) is 4.12. The molecule has 27 heavy (non-hydrogen) atoms. The molecule has 8 nitrogen and oxygen atoms in total. The van der Waals surface area contributed by atoms with Gasteiger partial charge in [-0.1, -0.05) is 0 Å². The first-order valence-electron chi connectivity index (χ1n) is 7.64. The molecule has 2 aromatic rings. The number of nitriles is 1. The summed E-state index contributed by atoms with van der Waals surface area (Å²) in [5.74, 6) is -4.22. The number of aromatic nitrogens is 2. The van der Waals surface area contributed by atoms with Gasteiger partial charge in [0, 0.05) is 31.9 Å². The molecular weight excluding hydrogens is 380 g/mol. The van der Waals surface area contributed by atoms with E-state index in [0.29, 0.717) is 6.92 Å². The maximum Gasteiger partial charge on any atom is 0.266 e. The number of hydrogen-bond acceptors (Lipinski definition) is 5. The van der Waals surface area contributed by atoms with Crippen LogP contribution in [0.4, 0.5) is 8.78 Å². The number of aryl methyl sites for hydroxylation is 1. The van der Waals surface area contributed by atoms with Crippen LogP contribution in [-0.2, 0) is 17.1 Å². The fourth-order valence-electron chi connectivity index (χ4n) is 2.42. The molecule has 144 valence electrons. The molecule has 0 saturated carbocycles. The SMILES string of the molecule is C[C@@H](NS(=O)(=O)c1cn(C)c(C(N)=O)c1-c1ccnc(C#N)c1)C(C)(F)F. The number of sulfonamides is 1. The first-order chi connectivity index (χ1) is 12.4. The van der Waals surface area contributed by atoms with Crippen LogP contribution in [0.5, 0.6) is 0 Å². The van der Waals surface area contributed by atoms with Crippen molar-refractivity contribution in [2.24, 2.45) is 12.8 Å². The summed E-state index contributed by atoms with van der Waals surface area (Å²) in [4.78, 5) is 15.3. The predicted octanol–water partition coefficient (Wildman–Crippen LogP) is 1.38. The average molecular weight is 397 g/mol. The zero-order chi connectivity index (χ0) is 20.6. The van der Waals surface area contributed by atoms with E-state index in [1.165, 1.54) is 29.9 Å². The second-order valence-corrected chi connectivity index (χ2v) is 7.72. The van der Waals surface area contributed by atoms with Crippen LogP contribution in [0.1, 0.15) is 30.0 Å². The van der Waals surface area contributed by atoms with Crippen LogP contribution < -0.4 is 10.5 Å². The molecule has 2 heterocycles. The number of nitrogens with two attached hydrogens (primary N) is 1. The molecule has 0 unspecified atom stereocenters. The molecule has 0 bridgehead atoms. The number of halogens is 2. The van der Waals surface area contributed by atoms with Gasteiger partial charge in [-0.2, -0.15) is 5.26 Å². The highest BCUT2D eigenvalue weighted by atomic mass is 32.2. The van der Waals surface area contributed by atoms with Crippen molar-refractivity contribution in [3.05, 3.63) is 35.9 Å². The van der Waals surface area contributed by atoms with Crippen LogP contribution in [0.15, 0.2) is 29.4 Å². The fourth-order valence-corrected chi connectivity index (χ4v) is 4.00. The molecule has 0 spiro atoms. The van der Waals surface area contributed by atoms with Crippen molar-refractivity contribution >= 4 is 15.9 Å². The average Bonchev–Trinajstić information content (AvgIpc) is 2.92. The van der Waals surface area contributed by atoms with Gasteiger partial charge in [0.15, 0.2) is 0 Å². The Kier molecular flexibility index (Phi) is 5.35. The van der Waals surface area contributed by atoms with Gasteiger partial charge in [-0.3, -0.25) is 4.79 Å². The fraction of sp³-hybridized carbons (Fsp3) is 0.312. The first kappa shape index (κ1) is 20.5. The molecule has 0 radical (unpaired) electrons. The Morgan fingerprint density at radius 1 is 1.48 bits per heavy atom. The quantitative estimate of drug-likeness (QED) is 0.760. The summed E-state index contributed by atoms with van der Waals surface area (Å²) < 4.78 is 55.5. The van der Waals surface area contributed by atoms with Gasteiger partial charge in [0.1, 0.15) is 22.4 Å². The zero-order valence-corrected chi connectivity index (χ0v) is 15.5. The zero-order valence-electron chi connectivity index (χ0n) is 14.7. The second kappa shape index (κ2) is 7.05. The number of nitrogens with one attached hydrogen (secondary N) is 1. The number of pyridine rings is 1. The molecule has 0 aliphatic heterocycles. The molecule has 1 amide bonds. The van der Waals surface area contributed by atoms with Gasteiger partial charge in [0.05, 0.1) is 6.04 Å². The number of carbonyl (C=O) groups is 1. The van der Waals surface area contributed by atoms with E-state index in [1.54, 1.807) is 6.07 Å². The highest BCUT2D eigenvalue weighted by molar-refractivity contribution is 7.89. The Morgan fingerprint density at radius 2 is 2.11 bits per heavy atom. The van der Waals surface area contributed by atoms with Gasteiger partial charge in [0.25, 0.3) is 11.8 Å². The van der Waals surface area contributed by atoms with Crippen LogP contribution in [0, 0.1) is 11.3 Å². The van der Waals surface area contributed by atoms with Gasteiger partial charge < -0.3 is 10.3 Å². The summed E-state index contributed by atoms with van der Waals surface area (Å²) >= 11 is 0. The van der Waals surface area contributed by atoms with Crippen LogP contribution in [0.25, 0.3) is 11.1 Å². The van der Waals surface area contributed by atoms with E-state index in [4.69, 9.17) is 11.0 Å². The van der Waals surface area contributed by atoms with E-state index in [0.717, 1.165) is 13.1 Å². The van der Waals surface area contributed by atoms with Gasteiger partial charge >= 0.3 is 0 Å². The number of hydrogen-bond donors (Lipinski definition) is 2. The number of nitrogens with zero attached hydrogens (tertiary/aromatic N) is 3. The van der Waals surface area contributed by atoms with Crippen molar-refractivity contribution in [2.45, 2.75) is 30.7 Å². The molecule has 0 fully saturated rings. The van der Waals surface area contributed by atoms with Crippen molar-refractivity contribution < 1.29 is 22.0 Å². The van der Waals surface area contributed by atoms with Gasteiger partial charge in [-0.05, 0) is 24.6 Å². The number of alkyl halides is 2. The lowest BCUT2D eigenvalue weighted by Crippen LogP contribution is -2.43. The summed E-state index contributed by atoms with van der Waals surface area (Å²) in [6, 6.07) is 2.77. The summed E-state index contributed by atoms with van der Waals surface area (Å²) in [6.45, 7) is 1.61. The summed E-state index contributed by atoms with van der Waals surface area (Å²) in [5.41, 5.74) is 5.30. The van der Waals surface area contributed by atoms with Crippen molar-refractivity contribution in [1.82, 2.24) is 14.3 Å². The van der Waals surface area contributed by atoms with Crippen LogP contribution in [-0.4, -0.2) is 35.8 Å². The van der Waals surface area contributed by atoms with Crippen LogP contribution in [0.2, 0.25) is 0 Å². The van der Waals surface area contributed by atoms with Crippen molar-refractivity contribution in [3.8, 4) is 17.2 Å². The topological polar surface area (TPSA) is 131 Å². The number of rotatable bonds is 6. The minimum absolute atomic E-state index is 0.0171. The molecule has 2 rings (SSSR count). The minimum Gasteiger partial charge on any atom is -0.364 e. The van der Waals surface area contributed by atoms with Gasteiger partial charge in [0.2, 0.25) is 10.0 Å². The maximum atomic E-state index is 13.4. The third-order valence-electron chi connectivity index (χ3n) is 3.93. The van der Waals surface area contributed by atoms with Crippen molar-refractivity contribution in [1.29, 1.82) is 5.26 Å². The Bertz CT molecular complexity index is 1040. The summed E-state index contributed by atoms with van der Waals surface area (Å²) in [5, 5.41) is 9.01. The van der Waals surface area contributed by atoms with E-state index < -0.39 is 32.8 Å². The Morgan fingerprint density at radius 3 is 2.63 bits per heavy atom. The molecule has 0 aromatic carbocycles. The Labute approximate surface area is 154 Å². The highest BCUT2D eigenvalue weighted by Gasteiger charge is 2.36. The Balaban J connectivity index is 2.73. The molecule has 11 heteroatoms. The van der Waals surface area contributed by atoms with E-state index >= 15 is 0 Å². The molecular formula is C16H17F2N5O3S. The lowest BCUT2D eigenvalue weighted by atomic mass is 10.1. The normalized spacial score (nSPS) is 13.2. The molecule has 2 aromatic heterocycles. The Hall–Kier alpha value is -2.84. The smallest absolute Gasteiger partial charge is 0.266 e. The van der Waals surface area contributed by atoms with E-state index in [2.05, 4.69) is 4.98 Å². The van der Waals surface area contributed by atoms with Crippen molar-refractivity contribution in [2.75, 3.05) is 0 Å². The molecule has 0 aliphatic carbocycles. The van der Waals surface area contributed by atoms with E-state index in [-0.39, 0.29) is 22.5 Å². The van der Waals surface area contributed by atoms with E-state index in [9.17, 15) is 22.0 Å². The lowest BCUT2D eigenvalue weighted by Gasteiger charge is -2.20. The first-order valence-corrected chi connectivity index (χ1v) is 9.12. The van der Waals surface area contributed by atoms with Crippen LogP contribution >= 0.6 is 0 Å². The number of primary amides is 1. The van der Waals surface area contributed by atoms with Gasteiger partial charge in [-0.25, -0.2) is 26.9 Å². The number of carbonyl (C=O) groups excluding carboxylic acids is 1. The van der Waals surface area contributed by atoms with Crippen molar-refractivity contribution in [3.63, 3.8) is 0 Å². The predicted molar refractivity (Wildman–Crippen MR) is 92.3 cm³/mol. The standard InChI is InChI=1S/C16H17F2N5O3S/c1-9(16(2,17)18)22-27(25,26)12-8-23(3)14(15(20)24)13(12)10-4-5-21-11(6-10)7-19/h4-6,8-9,22H,1-3H3,(H2,20,24)/t9-/m1/s1. The minimum atomic E-state index is -4.44. The molecule has 1 atom stereocenters. The van der Waals surface area contributed by atoms with E-state index in [1.807, 2.05) is 4.72 Å². The summed E-state index contributed by atoms with van der Waals surface area (Å²) in [7, 11) is -3.04. The second-order valence-electron chi connectivity index (χ2n) is 6.03.